The van der Waals surface area contributed by atoms with Crippen LogP contribution in [0.3, 0.4) is 0 Å². The predicted molar refractivity (Wildman–Crippen MR) is 125 cm³/mol. The molecule has 2 aromatic carbocycles. The molecule has 0 saturated carbocycles. The fourth-order valence-electron chi connectivity index (χ4n) is 3.80. The summed E-state index contributed by atoms with van der Waals surface area (Å²) in [7, 11) is 1.57. The second-order valence-electron chi connectivity index (χ2n) is 8.12. The van der Waals surface area contributed by atoms with Crippen LogP contribution in [0.1, 0.15) is 48.5 Å². The Morgan fingerprint density at radius 1 is 1.06 bits per heavy atom. The molecular formula is C25H31N3O4. The summed E-state index contributed by atoms with van der Waals surface area (Å²) < 4.78 is 5.20. The number of carbonyl (C=O) groups excluding carboxylic acids is 3. The highest BCUT2D eigenvalue weighted by molar-refractivity contribution is 5.97. The van der Waals surface area contributed by atoms with E-state index in [-0.39, 0.29) is 23.6 Å². The summed E-state index contributed by atoms with van der Waals surface area (Å²) in [6.07, 6.45) is 2.45. The van der Waals surface area contributed by atoms with Gasteiger partial charge in [0.1, 0.15) is 5.75 Å². The fourth-order valence-corrected chi connectivity index (χ4v) is 3.80. The molecule has 0 radical (unpaired) electrons. The number of anilines is 2. The van der Waals surface area contributed by atoms with E-state index in [0.29, 0.717) is 55.0 Å². The lowest BCUT2D eigenvalue weighted by Crippen LogP contribution is -2.41. The first kappa shape index (κ1) is 23.3. The van der Waals surface area contributed by atoms with E-state index >= 15 is 0 Å². The van der Waals surface area contributed by atoms with Gasteiger partial charge in [-0.2, -0.15) is 0 Å². The van der Waals surface area contributed by atoms with E-state index in [1.165, 1.54) is 0 Å². The third kappa shape index (κ3) is 5.87. The molecule has 1 heterocycles. The van der Waals surface area contributed by atoms with Gasteiger partial charge in [0, 0.05) is 42.4 Å². The number of aryl methyl sites for hydroxylation is 1. The highest BCUT2D eigenvalue weighted by atomic mass is 16.5. The molecule has 0 aromatic heterocycles. The van der Waals surface area contributed by atoms with Crippen LogP contribution in [0.5, 0.6) is 5.75 Å². The van der Waals surface area contributed by atoms with Crippen molar-refractivity contribution in [3.63, 3.8) is 0 Å². The average molecular weight is 438 g/mol. The number of nitrogens with zero attached hydrogens (tertiary/aromatic N) is 1. The molecule has 1 fully saturated rings. The maximum Gasteiger partial charge on any atom is 0.253 e. The molecule has 0 aliphatic carbocycles. The minimum atomic E-state index is -0.165. The summed E-state index contributed by atoms with van der Waals surface area (Å²) in [6, 6.07) is 12.6. The zero-order valence-electron chi connectivity index (χ0n) is 18.9. The summed E-state index contributed by atoms with van der Waals surface area (Å²) in [4.78, 5) is 39.3. The van der Waals surface area contributed by atoms with Crippen molar-refractivity contribution in [2.75, 3.05) is 30.8 Å². The Morgan fingerprint density at radius 2 is 1.81 bits per heavy atom. The Balaban J connectivity index is 1.57. The Hall–Kier alpha value is -3.35. The molecule has 2 N–H and O–H groups in total. The first-order chi connectivity index (χ1) is 15.4. The van der Waals surface area contributed by atoms with E-state index in [9.17, 15) is 14.4 Å². The Labute approximate surface area is 189 Å². The summed E-state index contributed by atoms with van der Waals surface area (Å²) in [5.74, 6) is 0.338. The second-order valence-corrected chi connectivity index (χ2v) is 8.12. The van der Waals surface area contributed by atoms with E-state index in [1.807, 2.05) is 26.0 Å². The minimum absolute atomic E-state index is 0.0401. The summed E-state index contributed by atoms with van der Waals surface area (Å²) in [6.45, 7) is 4.93. The average Bonchev–Trinajstić information content (AvgIpc) is 2.81. The SMILES string of the molecule is CCCC(=O)Nc1ccc(C)c(NC(=O)C2CCN(C(=O)c3cccc(OC)c3)CC2)c1. The molecule has 170 valence electrons. The van der Waals surface area contributed by atoms with Crippen molar-refractivity contribution in [2.24, 2.45) is 5.92 Å². The van der Waals surface area contributed by atoms with Crippen molar-refractivity contribution in [2.45, 2.75) is 39.5 Å². The molecule has 0 bridgehead atoms. The van der Waals surface area contributed by atoms with Gasteiger partial charge in [0.2, 0.25) is 11.8 Å². The number of nitrogens with one attached hydrogen (secondary N) is 2. The van der Waals surface area contributed by atoms with Gasteiger partial charge in [-0.1, -0.05) is 19.1 Å². The highest BCUT2D eigenvalue weighted by Crippen LogP contribution is 2.25. The molecular weight excluding hydrogens is 406 g/mol. The molecule has 3 amide bonds. The van der Waals surface area contributed by atoms with Crippen LogP contribution in [-0.4, -0.2) is 42.8 Å². The standard InChI is InChI=1S/C25H31N3O4/c1-4-6-23(29)26-20-10-9-17(2)22(16-20)27-24(30)18-11-13-28(14-12-18)25(31)19-7-5-8-21(15-19)32-3/h5,7-10,15-16,18H,4,6,11-14H2,1-3H3,(H,26,29)(H,27,30). The van der Waals surface area contributed by atoms with Crippen LogP contribution in [0, 0.1) is 12.8 Å². The lowest BCUT2D eigenvalue weighted by atomic mass is 9.95. The van der Waals surface area contributed by atoms with Gasteiger partial charge in [0.05, 0.1) is 7.11 Å². The van der Waals surface area contributed by atoms with Crippen molar-refractivity contribution in [3.8, 4) is 5.75 Å². The number of hydrogen-bond donors (Lipinski definition) is 2. The van der Waals surface area contributed by atoms with Gasteiger partial charge in [-0.05, 0) is 62.1 Å². The predicted octanol–water partition coefficient (Wildman–Crippen LogP) is 4.23. The molecule has 0 unspecified atom stereocenters. The number of ether oxygens (including phenoxy) is 1. The van der Waals surface area contributed by atoms with E-state index < -0.39 is 0 Å². The van der Waals surface area contributed by atoms with E-state index in [4.69, 9.17) is 4.74 Å². The van der Waals surface area contributed by atoms with Gasteiger partial charge in [-0.25, -0.2) is 0 Å². The zero-order valence-corrected chi connectivity index (χ0v) is 18.9. The molecule has 0 spiro atoms. The normalized spacial score (nSPS) is 14.0. The molecule has 32 heavy (non-hydrogen) atoms. The van der Waals surface area contributed by atoms with Crippen molar-refractivity contribution < 1.29 is 19.1 Å². The number of methoxy groups -OCH3 is 1. The lowest BCUT2D eigenvalue weighted by molar-refractivity contribution is -0.121. The van der Waals surface area contributed by atoms with E-state index in [1.54, 1.807) is 42.3 Å². The topological polar surface area (TPSA) is 87.7 Å². The smallest absolute Gasteiger partial charge is 0.253 e. The molecule has 1 saturated heterocycles. The van der Waals surface area contributed by atoms with Gasteiger partial charge < -0.3 is 20.3 Å². The van der Waals surface area contributed by atoms with Crippen LogP contribution < -0.4 is 15.4 Å². The maximum absolute atomic E-state index is 12.9. The van der Waals surface area contributed by atoms with Crippen LogP contribution in [0.25, 0.3) is 0 Å². The van der Waals surface area contributed by atoms with Crippen LogP contribution in [0.4, 0.5) is 11.4 Å². The number of benzene rings is 2. The molecule has 1 aliphatic heterocycles. The second kappa shape index (κ2) is 10.8. The molecule has 7 nitrogen and oxygen atoms in total. The van der Waals surface area contributed by atoms with Crippen LogP contribution in [-0.2, 0) is 9.59 Å². The highest BCUT2D eigenvalue weighted by Gasteiger charge is 2.28. The largest absolute Gasteiger partial charge is 0.497 e. The number of hydrogen-bond acceptors (Lipinski definition) is 4. The zero-order chi connectivity index (χ0) is 23.1. The number of amides is 3. The van der Waals surface area contributed by atoms with Gasteiger partial charge in [0.15, 0.2) is 0 Å². The number of carbonyl (C=O) groups is 3. The van der Waals surface area contributed by atoms with Crippen molar-refractivity contribution >= 4 is 29.1 Å². The van der Waals surface area contributed by atoms with Gasteiger partial charge in [-0.15, -0.1) is 0 Å². The molecule has 7 heteroatoms. The fraction of sp³-hybridized carbons (Fsp3) is 0.400. The Kier molecular flexibility index (Phi) is 7.87. The van der Waals surface area contributed by atoms with E-state index in [2.05, 4.69) is 10.6 Å². The lowest BCUT2D eigenvalue weighted by Gasteiger charge is -2.31. The van der Waals surface area contributed by atoms with Crippen LogP contribution in [0.2, 0.25) is 0 Å². The Morgan fingerprint density at radius 3 is 2.50 bits per heavy atom. The van der Waals surface area contributed by atoms with Crippen LogP contribution >= 0.6 is 0 Å². The maximum atomic E-state index is 12.9. The van der Waals surface area contributed by atoms with Crippen LogP contribution in [0.15, 0.2) is 42.5 Å². The molecule has 1 aliphatic rings. The van der Waals surface area contributed by atoms with Crippen molar-refractivity contribution in [1.29, 1.82) is 0 Å². The third-order valence-electron chi connectivity index (χ3n) is 5.73. The third-order valence-corrected chi connectivity index (χ3v) is 5.73. The number of likely N-dealkylation sites (tertiary alicyclic amines) is 1. The summed E-state index contributed by atoms with van der Waals surface area (Å²) in [5, 5.41) is 5.87. The van der Waals surface area contributed by atoms with Gasteiger partial charge in [0.25, 0.3) is 5.91 Å². The minimum Gasteiger partial charge on any atom is -0.497 e. The molecule has 2 aromatic rings. The van der Waals surface area contributed by atoms with Gasteiger partial charge in [-0.3, -0.25) is 14.4 Å². The molecule has 0 atom stereocenters. The number of piperidine rings is 1. The summed E-state index contributed by atoms with van der Waals surface area (Å²) >= 11 is 0. The quantitative estimate of drug-likeness (QED) is 0.678. The monoisotopic (exact) mass is 437 g/mol. The van der Waals surface area contributed by atoms with Crippen molar-refractivity contribution in [3.05, 3.63) is 53.6 Å². The van der Waals surface area contributed by atoms with Crippen molar-refractivity contribution in [1.82, 2.24) is 4.90 Å². The Bertz CT molecular complexity index is 981. The number of rotatable bonds is 7. The summed E-state index contributed by atoms with van der Waals surface area (Å²) in [5.41, 5.74) is 2.88. The first-order valence-electron chi connectivity index (χ1n) is 11.1. The van der Waals surface area contributed by atoms with Gasteiger partial charge >= 0.3 is 0 Å². The van der Waals surface area contributed by atoms with E-state index in [0.717, 1.165) is 12.0 Å². The molecule has 3 rings (SSSR count). The first-order valence-corrected chi connectivity index (χ1v) is 11.1.